The highest BCUT2D eigenvalue weighted by molar-refractivity contribution is 5.88. The zero-order valence-corrected chi connectivity index (χ0v) is 10.6. The Labute approximate surface area is 107 Å². The number of unbranched alkanes of at least 4 members (excludes halogenated alkanes) is 1. The molecule has 0 bridgehead atoms. The fourth-order valence-electron chi connectivity index (χ4n) is 1.62. The van der Waals surface area contributed by atoms with Crippen LogP contribution in [0.2, 0.25) is 0 Å². The predicted octanol–water partition coefficient (Wildman–Crippen LogP) is 3.21. The topological polar surface area (TPSA) is 70.3 Å². The number of carbonyl (C=O) groups is 1. The molecule has 18 heavy (non-hydrogen) atoms. The van der Waals surface area contributed by atoms with Crippen molar-refractivity contribution in [2.45, 2.75) is 39.2 Å². The van der Waals surface area contributed by atoms with Gasteiger partial charge in [0, 0.05) is 0 Å². The molecule has 1 rings (SSSR count). The molecule has 0 spiro atoms. The maximum atomic E-state index is 10.8. The minimum atomic E-state index is -1.04. The van der Waals surface area contributed by atoms with Crippen molar-refractivity contribution in [3.05, 3.63) is 29.3 Å². The fraction of sp³-hybridized carbons (Fsp3) is 0.429. The first-order valence-corrected chi connectivity index (χ1v) is 6.02. The lowest BCUT2D eigenvalue weighted by Crippen LogP contribution is -2.12. The number of nitriles is 1. The normalized spacial score (nSPS) is 11.6. The van der Waals surface area contributed by atoms with Gasteiger partial charge in [0.15, 0.2) is 0 Å². The molecular weight excluding hydrogens is 230 g/mol. The molecule has 0 saturated carbocycles. The predicted molar refractivity (Wildman–Crippen MR) is 67.7 cm³/mol. The van der Waals surface area contributed by atoms with E-state index in [4.69, 9.17) is 15.1 Å². The summed E-state index contributed by atoms with van der Waals surface area (Å²) in [7, 11) is 0. The van der Waals surface area contributed by atoms with Crippen LogP contribution in [0, 0.1) is 11.3 Å². The first-order valence-electron chi connectivity index (χ1n) is 6.02. The van der Waals surface area contributed by atoms with Crippen molar-refractivity contribution in [3.63, 3.8) is 0 Å². The Balaban J connectivity index is 2.83. The van der Waals surface area contributed by atoms with Crippen molar-refractivity contribution < 1.29 is 14.6 Å². The zero-order chi connectivity index (χ0) is 13.5. The van der Waals surface area contributed by atoms with Crippen LogP contribution in [0.4, 0.5) is 0 Å². The first-order chi connectivity index (χ1) is 8.58. The number of rotatable bonds is 6. The van der Waals surface area contributed by atoms with E-state index < -0.39 is 5.97 Å². The van der Waals surface area contributed by atoms with E-state index in [2.05, 4.69) is 6.92 Å². The van der Waals surface area contributed by atoms with Crippen LogP contribution in [0.3, 0.4) is 0 Å². The summed E-state index contributed by atoms with van der Waals surface area (Å²) in [6.07, 6.45) is 3.10. The van der Waals surface area contributed by atoms with E-state index in [1.807, 2.05) is 13.0 Å². The third kappa shape index (κ3) is 3.77. The summed E-state index contributed by atoms with van der Waals surface area (Å²) in [4.78, 5) is 10.8. The lowest BCUT2D eigenvalue weighted by molar-refractivity contribution is 0.0697. The molecule has 4 nitrogen and oxygen atoms in total. The molecule has 0 amide bonds. The van der Waals surface area contributed by atoms with Gasteiger partial charge in [0.05, 0.1) is 17.2 Å². The van der Waals surface area contributed by atoms with Gasteiger partial charge in [-0.25, -0.2) is 4.79 Å². The van der Waals surface area contributed by atoms with Crippen LogP contribution in [0.25, 0.3) is 0 Å². The van der Waals surface area contributed by atoms with Crippen LogP contribution < -0.4 is 4.74 Å². The molecule has 1 N–H and O–H groups in total. The fourth-order valence-corrected chi connectivity index (χ4v) is 1.62. The van der Waals surface area contributed by atoms with E-state index in [1.54, 1.807) is 6.07 Å². The standard InChI is InChI=1S/C14H17NO3/c1-3-4-5-10(2)18-13-7-6-11(14(16)17)8-12(13)9-15/h6-8,10H,3-5H2,1-2H3,(H,16,17). The van der Waals surface area contributed by atoms with Gasteiger partial charge in [-0.2, -0.15) is 5.26 Å². The lowest BCUT2D eigenvalue weighted by Gasteiger charge is -2.15. The van der Waals surface area contributed by atoms with E-state index in [0.717, 1.165) is 19.3 Å². The molecule has 0 radical (unpaired) electrons. The van der Waals surface area contributed by atoms with Crippen LogP contribution in [0.5, 0.6) is 5.75 Å². The van der Waals surface area contributed by atoms with Crippen LogP contribution in [-0.2, 0) is 0 Å². The second-order valence-electron chi connectivity index (χ2n) is 4.20. The maximum Gasteiger partial charge on any atom is 0.335 e. The van der Waals surface area contributed by atoms with Crippen LogP contribution in [0.15, 0.2) is 18.2 Å². The Hall–Kier alpha value is -2.02. The summed E-state index contributed by atoms with van der Waals surface area (Å²) >= 11 is 0. The van der Waals surface area contributed by atoms with Gasteiger partial charge in [-0.15, -0.1) is 0 Å². The molecule has 1 atom stereocenters. The minimum Gasteiger partial charge on any atom is -0.489 e. The van der Waals surface area contributed by atoms with E-state index in [-0.39, 0.29) is 17.2 Å². The number of carboxylic acid groups (broad SMARTS) is 1. The van der Waals surface area contributed by atoms with E-state index in [9.17, 15) is 4.79 Å². The third-order valence-corrected chi connectivity index (χ3v) is 2.64. The average Bonchev–Trinajstić information content (AvgIpc) is 2.36. The van der Waals surface area contributed by atoms with Crippen molar-refractivity contribution >= 4 is 5.97 Å². The molecule has 0 fully saturated rings. The van der Waals surface area contributed by atoms with Crippen molar-refractivity contribution in [1.29, 1.82) is 5.26 Å². The maximum absolute atomic E-state index is 10.8. The molecule has 0 aliphatic carbocycles. The van der Waals surface area contributed by atoms with Gasteiger partial charge in [-0.05, 0) is 31.5 Å². The lowest BCUT2D eigenvalue weighted by atomic mass is 10.1. The van der Waals surface area contributed by atoms with Crippen LogP contribution in [-0.4, -0.2) is 17.2 Å². The largest absolute Gasteiger partial charge is 0.489 e. The van der Waals surface area contributed by atoms with Gasteiger partial charge in [-0.3, -0.25) is 0 Å². The SMILES string of the molecule is CCCCC(C)Oc1ccc(C(=O)O)cc1C#N. The Morgan fingerprint density at radius 3 is 2.83 bits per heavy atom. The number of hydrogen-bond acceptors (Lipinski definition) is 3. The molecule has 0 saturated heterocycles. The van der Waals surface area contributed by atoms with Gasteiger partial charge in [-0.1, -0.05) is 19.8 Å². The number of carboxylic acids is 1. The molecular formula is C14H17NO3. The smallest absolute Gasteiger partial charge is 0.335 e. The van der Waals surface area contributed by atoms with Gasteiger partial charge in [0.25, 0.3) is 0 Å². The van der Waals surface area contributed by atoms with E-state index in [1.165, 1.54) is 12.1 Å². The minimum absolute atomic E-state index is 0.0210. The first kappa shape index (κ1) is 14.0. The number of hydrogen-bond donors (Lipinski definition) is 1. The second kappa shape index (κ2) is 6.65. The Kier molecular flexibility index (Phi) is 5.19. The summed E-state index contributed by atoms with van der Waals surface area (Å²) in [5, 5.41) is 17.8. The molecule has 1 unspecified atom stereocenters. The average molecular weight is 247 g/mol. The molecule has 1 aromatic carbocycles. The van der Waals surface area contributed by atoms with Crippen molar-refractivity contribution in [2.75, 3.05) is 0 Å². The Morgan fingerprint density at radius 1 is 1.56 bits per heavy atom. The molecule has 0 aliphatic rings. The molecule has 96 valence electrons. The summed E-state index contributed by atoms with van der Waals surface area (Å²) in [5.74, 6) is -0.594. The summed E-state index contributed by atoms with van der Waals surface area (Å²) in [6.45, 7) is 4.05. The van der Waals surface area contributed by atoms with Gasteiger partial charge >= 0.3 is 5.97 Å². The zero-order valence-electron chi connectivity index (χ0n) is 10.6. The van der Waals surface area contributed by atoms with Crippen LogP contribution in [0.1, 0.15) is 49.0 Å². The Bertz CT molecular complexity index is 463. The summed E-state index contributed by atoms with van der Waals surface area (Å²) in [5.41, 5.74) is 0.360. The number of nitrogens with zero attached hydrogens (tertiary/aromatic N) is 1. The van der Waals surface area contributed by atoms with Crippen molar-refractivity contribution in [3.8, 4) is 11.8 Å². The van der Waals surface area contributed by atoms with Crippen molar-refractivity contribution in [1.82, 2.24) is 0 Å². The third-order valence-electron chi connectivity index (χ3n) is 2.64. The molecule has 0 aliphatic heterocycles. The van der Waals surface area contributed by atoms with Crippen LogP contribution >= 0.6 is 0 Å². The van der Waals surface area contributed by atoms with E-state index in [0.29, 0.717) is 5.75 Å². The quantitative estimate of drug-likeness (QED) is 0.837. The molecule has 1 aromatic rings. The van der Waals surface area contributed by atoms with Gasteiger partial charge in [0.2, 0.25) is 0 Å². The number of ether oxygens (including phenoxy) is 1. The molecule has 0 aromatic heterocycles. The monoisotopic (exact) mass is 247 g/mol. The highest BCUT2D eigenvalue weighted by Gasteiger charge is 2.11. The van der Waals surface area contributed by atoms with E-state index >= 15 is 0 Å². The van der Waals surface area contributed by atoms with Crippen molar-refractivity contribution in [2.24, 2.45) is 0 Å². The number of benzene rings is 1. The second-order valence-corrected chi connectivity index (χ2v) is 4.20. The highest BCUT2D eigenvalue weighted by Crippen LogP contribution is 2.21. The number of aromatic carboxylic acids is 1. The summed E-state index contributed by atoms with van der Waals surface area (Å²) < 4.78 is 5.66. The molecule has 0 heterocycles. The molecule has 4 heteroatoms. The van der Waals surface area contributed by atoms with Gasteiger partial charge in [0.1, 0.15) is 11.8 Å². The summed E-state index contributed by atoms with van der Waals surface area (Å²) in [6, 6.07) is 6.30. The van der Waals surface area contributed by atoms with Gasteiger partial charge < -0.3 is 9.84 Å². The highest BCUT2D eigenvalue weighted by atomic mass is 16.5. The Morgan fingerprint density at radius 2 is 2.28 bits per heavy atom.